The second-order valence-corrected chi connectivity index (χ2v) is 5.90. The third kappa shape index (κ3) is 7.09. The lowest BCUT2D eigenvalue weighted by Crippen LogP contribution is -2.41. The van der Waals surface area contributed by atoms with Crippen molar-refractivity contribution in [3.05, 3.63) is 30.1 Å². The van der Waals surface area contributed by atoms with Gasteiger partial charge in [-0.2, -0.15) is 0 Å². The number of aliphatic hydroxyl groups is 1. The van der Waals surface area contributed by atoms with E-state index in [1.807, 2.05) is 13.8 Å². The van der Waals surface area contributed by atoms with Gasteiger partial charge in [0.1, 0.15) is 0 Å². The molecule has 0 saturated carbocycles. The second kappa shape index (κ2) is 7.98. The Morgan fingerprint density at radius 3 is 2.71 bits per heavy atom. The van der Waals surface area contributed by atoms with Crippen molar-refractivity contribution < 1.29 is 19.0 Å². The van der Waals surface area contributed by atoms with Crippen LogP contribution in [0.25, 0.3) is 0 Å². The normalized spacial score (nSPS) is 13.8. The van der Waals surface area contributed by atoms with Gasteiger partial charge in [0.25, 0.3) is 0 Å². The lowest BCUT2D eigenvalue weighted by molar-refractivity contribution is -0.122. The number of amides is 1. The monoisotopic (exact) mass is 297 g/mol. The highest BCUT2D eigenvalue weighted by Gasteiger charge is 2.22. The van der Waals surface area contributed by atoms with Crippen molar-refractivity contribution in [3.8, 4) is 5.75 Å². The predicted octanol–water partition coefficient (Wildman–Crippen LogP) is 2.51. The Labute approximate surface area is 125 Å². The van der Waals surface area contributed by atoms with Crippen LogP contribution in [0.5, 0.6) is 5.75 Å². The molecule has 1 atom stereocenters. The molecule has 0 fully saturated rings. The van der Waals surface area contributed by atoms with E-state index < -0.39 is 11.4 Å². The summed E-state index contributed by atoms with van der Waals surface area (Å²) in [7, 11) is 0. The van der Waals surface area contributed by atoms with E-state index in [-0.39, 0.29) is 31.2 Å². The van der Waals surface area contributed by atoms with Gasteiger partial charge in [0.15, 0.2) is 11.6 Å². The first-order valence-corrected chi connectivity index (χ1v) is 7.16. The van der Waals surface area contributed by atoms with E-state index >= 15 is 0 Å². The predicted molar refractivity (Wildman–Crippen MR) is 79.6 cm³/mol. The van der Waals surface area contributed by atoms with Gasteiger partial charge in [-0.1, -0.05) is 26.0 Å². The van der Waals surface area contributed by atoms with Gasteiger partial charge in [0.2, 0.25) is 5.91 Å². The van der Waals surface area contributed by atoms with E-state index in [0.29, 0.717) is 12.3 Å². The van der Waals surface area contributed by atoms with Crippen molar-refractivity contribution in [1.82, 2.24) is 5.32 Å². The number of carbonyl (C=O) groups excluding carboxylic acids is 1. The van der Waals surface area contributed by atoms with Crippen molar-refractivity contribution in [2.24, 2.45) is 5.92 Å². The minimum Gasteiger partial charge on any atom is -0.490 e. The summed E-state index contributed by atoms with van der Waals surface area (Å²) < 4.78 is 18.5. The summed E-state index contributed by atoms with van der Waals surface area (Å²) in [5.41, 5.74) is -0.920. The molecule has 1 amide bonds. The number of hydrogen-bond acceptors (Lipinski definition) is 3. The lowest BCUT2D eigenvalue weighted by atomic mass is 9.94. The Kier molecular flexibility index (Phi) is 6.62. The van der Waals surface area contributed by atoms with Crippen LogP contribution >= 0.6 is 0 Å². The first-order valence-electron chi connectivity index (χ1n) is 7.16. The van der Waals surface area contributed by atoms with Crippen molar-refractivity contribution in [1.29, 1.82) is 0 Å². The number of carbonyl (C=O) groups is 1. The number of ether oxygens (including phenoxy) is 1. The molecule has 4 nitrogen and oxygen atoms in total. The zero-order valence-corrected chi connectivity index (χ0v) is 12.9. The molecule has 0 spiro atoms. The number of halogens is 1. The minimum absolute atomic E-state index is 0.0963. The zero-order chi connectivity index (χ0) is 15.9. The summed E-state index contributed by atoms with van der Waals surface area (Å²) in [6.45, 7) is 6.02. The summed E-state index contributed by atoms with van der Waals surface area (Å²) in [5.74, 6) is -0.188. The quantitative estimate of drug-likeness (QED) is 0.775. The Morgan fingerprint density at radius 2 is 2.10 bits per heavy atom. The highest BCUT2D eigenvalue weighted by molar-refractivity contribution is 5.76. The first kappa shape index (κ1) is 17.4. The van der Waals surface area contributed by atoms with Crippen LogP contribution < -0.4 is 10.1 Å². The summed E-state index contributed by atoms with van der Waals surface area (Å²) >= 11 is 0. The van der Waals surface area contributed by atoms with E-state index in [9.17, 15) is 14.3 Å². The molecule has 2 N–H and O–H groups in total. The summed E-state index contributed by atoms with van der Waals surface area (Å²) in [5, 5.41) is 12.7. The lowest BCUT2D eigenvalue weighted by Gasteiger charge is -2.25. The standard InChI is InChI=1S/C16H24FNO3/c1-12(2)10-16(3,20)11-18-15(19)8-9-21-14-7-5-4-6-13(14)17/h4-7,12,20H,8-11H2,1-3H3,(H,18,19). The largest absolute Gasteiger partial charge is 0.490 e. The maximum atomic E-state index is 13.3. The molecule has 0 radical (unpaired) electrons. The van der Waals surface area contributed by atoms with Crippen LogP contribution in [-0.2, 0) is 4.79 Å². The topological polar surface area (TPSA) is 58.6 Å². The molecule has 0 aliphatic rings. The SMILES string of the molecule is CC(C)CC(C)(O)CNC(=O)CCOc1ccccc1F. The fraction of sp³-hybridized carbons (Fsp3) is 0.562. The van der Waals surface area contributed by atoms with Gasteiger partial charge in [-0.05, 0) is 31.4 Å². The molecule has 0 heterocycles. The van der Waals surface area contributed by atoms with Crippen molar-refractivity contribution in [3.63, 3.8) is 0 Å². The number of hydrogen-bond donors (Lipinski definition) is 2. The van der Waals surface area contributed by atoms with E-state index in [1.54, 1.807) is 19.1 Å². The Bertz CT molecular complexity index is 461. The number of rotatable bonds is 8. The molecule has 1 aromatic rings. The van der Waals surface area contributed by atoms with Gasteiger partial charge in [0, 0.05) is 6.54 Å². The minimum atomic E-state index is -0.920. The average molecular weight is 297 g/mol. The first-order chi connectivity index (χ1) is 9.80. The molecular weight excluding hydrogens is 273 g/mol. The molecule has 118 valence electrons. The fourth-order valence-electron chi connectivity index (χ4n) is 2.14. The number of benzene rings is 1. The van der Waals surface area contributed by atoms with Crippen LogP contribution in [-0.4, -0.2) is 29.8 Å². The van der Waals surface area contributed by atoms with Crippen molar-refractivity contribution in [2.45, 2.75) is 39.2 Å². The van der Waals surface area contributed by atoms with E-state index in [0.717, 1.165) is 0 Å². The van der Waals surface area contributed by atoms with E-state index in [4.69, 9.17) is 4.74 Å². The molecule has 5 heteroatoms. The van der Waals surface area contributed by atoms with Crippen LogP contribution in [0.4, 0.5) is 4.39 Å². The van der Waals surface area contributed by atoms with Gasteiger partial charge in [-0.25, -0.2) is 4.39 Å². The van der Waals surface area contributed by atoms with Crippen LogP contribution in [0.2, 0.25) is 0 Å². The molecule has 1 aromatic carbocycles. The van der Waals surface area contributed by atoms with Crippen LogP contribution in [0.15, 0.2) is 24.3 Å². The molecule has 21 heavy (non-hydrogen) atoms. The Morgan fingerprint density at radius 1 is 1.43 bits per heavy atom. The molecule has 0 aromatic heterocycles. The molecule has 0 saturated heterocycles. The summed E-state index contributed by atoms with van der Waals surface area (Å²) in [6, 6.07) is 6.06. The second-order valence-electron chi connectivity index (χ2n) is 5.90. The third-order valence-electron chi connectivity index (χ3n) is 2.94. The van der Waals surface area contributed by atoms with Crippen LogP contribution in [0, 0.1) is 11.7 Å². The molecule has 0 aliphatic carbocycles. The average Bonchev–Trinajstić information content (AvgIpc) is 2.37. The maximum Gasteiger partial charge on any atom is 0.223 e. The molecule has 0 aliphatic heterocycles. The van der Waals surface area contributed by atoms with Gasteiger partial charge in [-0.15, -0.1) is 0 Å². The third-order valence-corrected chi connectivity index (χ3v) is 2.94. The fourth-order valence-corrected chi connectivity index (χ4v) is 2.14. The van der Waals surface area contributed by atoms with E-state index in [1.165, 1.54) is 12.1 Å². The highest BCUT2D eigenvalue weighted by atomic mass is 19.1. The zero-order valence-electron chi connectivity index (χ0n) is 12.9. The summed E-state index contributed by atoms with van der Waals surface area (Å²) in [6.07, 6.45) is 0.727. The van der Waals surface area contributed by atoms with Gasteiger partial charge in [0.05, 0.1) is 18.6 Å². The molecule has 0 bridgehead atoms. The van der Waals surface area contributed by atoms with E-state index in [2.05, 4.69) is 5.32 Å². The summed E-state index contributed by atoms with van der Waals surface area (Å²) in [4.78, 5) is 11.7. The molecule has 1 unspecified atom stereocenters. The van der Waals surface area contributed by atoms with Crippen LogP contribution in [0.1, 0.15) is 33.6 Å². The highest BCUT2D eigenvalue weighted by Crippen LogP contribution is 2.16. The van der Waals surface area contributed by atoms with Crippen molar-refractivity contribution in [2.75, 3.05) is 13.2 Å². The maximum absolute atomic E-state index is 13.3. The number of para-hydroxylation sites is 1. The van der Waals surface area contributed by atoms with Crippen molar-refractivity contribution >= 4 is 5.91 Å². The van der Waals surface area contributed by atoms with Gasteiger partial charge < -0.3 is 15.2 Å². The van der Waals surface area contributed by atoms with Crippen LogP contribution in [0.3, 0.4) is 0 Å². The molecular formula is C16H24FNO3. The van der Waals surface area contributed by atoms with Gasteiger partial charge >= 0.3 is 0 Å². The Hall–Kier alpha value is -1.62. The Balaban J connectivity index is 2.27. The molecule has 1 rings (SSSR count). The van der Waals surface area contributed by atoms with Gasteiger partial charge in [-0.3, -0.25) is 4.79 Å². The smallest absolute Gasteiger partial charge is 0.223 e. The number of nitrogens with one attached hydrogen (secondary N) is 1.